The number of ether oxygens (including phenoxy) is 2. The molecule has 3 rings (SSSR count). The molecule has 0 aliphatic carbocycles. The van der Waals surface area contributed by atoms with E-state index in [0.717, 1.165) is 11.3 Å². The van der Waals surface area contributed by atoms with Gasteiger partial charge in [0.1, 0.15) is 17.2 Å². The largest absolute Gasteiger partial charge is 0.459 e. The molecular weight excluding hydrogens is 619 g/mol. The van der Waals surface area contributed by atoms with E-state index < -0.39 is 51.2 Å². The monoisotopic (exact) mass is 657 g/mol. The van der Waals surface area contributed by atoms with Gasteiger partial charge in [0.15, 0.2) is 12.0 Å². The van der Waals surface area contributed by atoms with Gasteiger partial charge in [-0.2, -0.15) is 4.72 Å². The first-order chi connectivity index (χ1) is 20.8. The van der Waals surface area contributed by atoms with Gasteiger partial charge in [-0.05, 0) is 83.0 Å². The molecule has 0 bridgehead atoms. The Balaban J connectivity index is 1.80. The third-order valence-corrected chi connectivity index (χ3v) is 8.35. The predicted molar refractivity (Wildman–Crippen MR) is 173 cm³/mol. The molecule has 45 heavy (non-hydrogen) atoms. The van der Waals surface area contributed by atoms with Crippen LogP contribution >= 0.6 is 11.3 Å². The van der Waals surface area contributed by atoms with E-state index in [1.807, 2.05) is 0 Å². The first kappa shape index (κ1) is 35.2. The number of hydrogen-bond acceptors (Lipinski definition) is 9. The minimum Gasteiger partial charge on any atom is -0.459 e. The van der Waals surface area contributed by atoms with E-state index in [4.69, 9.17) is 20.9 Å². The van der Waals surface area contributed by atoms with Crippen molar-refractivity contribution in [2.75, 3.05) is 6.54 Å². The number of nitrogens with two attached hydrogens (primary N) is 2. The van der Waals surface area contributed by atoms with Crippen molar-refractivity contribution < 1.29 is 32.3 Å². The lowest BCUT2D eigenvalue weighted by Crippen LogP contribution is -2.50. The van der Waals surface area contributed by atoms with Gasteiger partial charge in [-0.1, -0.05) is 36.4 Å². The van der Waals surface area contributed by atoms with Gasteiger partial charge in [0.2, 0.25) is 10.0 Å². The Morgan fingerprint density at radius 1 is 0.867 bits per heavy atom. The van der Waals surface area contributed by atoms with Crippen molar-refractivity contribution in [3.8, 4) is 10.4 Å². The van der Waals surface area contributed by atoms with Gasteiger partial charge in [-0.15, -0.1) is 11.3 Å². The number of sulfonamides is 1. The molecule has 2 atom stereocenters. The molecular formula is C31H39N5O7S2. The van der Waals surface area contributed by atoms with E-state index in [1.54, 1.807) is 96.1 Å². The minimum atomic E-state index is -4.10. The molecule has 1 heterocycles. The number of thiophene rings is 1. The Hall–Kier alpha value is -4.27. The summed E-state index contributed by atoms with van der Waals surface area (Å²) in [4.78, 5) is 44.0. The smallest absolute Gasteiger partial charge is 0.336 e. The van der Waals surface area contributed by atoms with Gasteiger partial charge >= 0.3 is 11.9 Å². The minimum absolute atomic E-state index is 0.0382. The lowest BCUT2D eigenvalue weighted by Gasteiger charge is -2.24. The first-order valence-corrected chi connectivity index (χ1v) is 16.2. The zero-order chi connectivity index (χ0) is 33.6. The summed E-state index contributed by atoms with van der Waals surface area (Å²) < 4.78 is 39.2. The summed E-state index contributed by atoms with van der Waals surface area (Å²) in [5.41, 5.74) is 10.7. The Morgan fingerprint density at radius 3 is 2.09 bits per heavy atom. The zero-order valence-corrected chi connectivity index (χ0v) is 27.6. The van der Waals surface area contributed by atoms with Crippen LogP contribution in [0, 0.1) is 0 Å². The molecule has 0 saturated heterocycles. The highest BCUT2D eigenvalue weighted by atomic mass is 32.2. The molecule has 0 aliphatic rings. The third-order valence-electron chi connectivity index (χ3n) is 5.73. The normalized spacial score (nSPS) is 13.3. The van der Waals surface area contributed by atoms with Crippen molar-refractivity contribution in [2.24, 2.45) is 16.5 Å². The Kier molecular flexibility index (Phi) is 11.1. The molecule has 2 aromatic carbocycles. The zero-order valence-electron chi connectivity index (χ0n) is 26.0. The molecule has 0 aliphatic heterocycles. The van der Waals surface area contributed by atoms with E-state index >= 15 is 0 Å². The quantitative estimate of drug-likeness (QED) is 0.136. The highest BCUT2D eigenvalue weighted by molar-refractivity contribution is 7.89. The molecule has 1 amide bonds. The summed E-state index contributed by atoms with van der Waals surface area (Å²) in [5.74, 6) is -2.27. The maximum absolute atomic E-state index is 13.1. The average molecular weight is 658 g/mol. The molecule has 6 N–H and O–H groups in total. The summed E-state index contributed by atoms with van der Waals surface area (Å²) >= 11 is 1.16. The standard InChI is InChI=1S/C31H39N5O7S2/c1-30(2,3)42-27(38)22(36-45(40,41)21-13-8-7-9-14-21)18-34-26(37)24-16-15-23(44-24)19-11-10-12-20(17-19)25(35-29(32)33)28(39)43-31(4,5)6/h7-17,22,25,36H,18H2,1-6H3,(H,34,37)(H4,32,33,35). The molecule has 0 saturated carbocycles. The van der Waals surface area contributed by atoms with Crippen LogP contribution in [0.5, 0.6) is 0 Å². The van der Waals surface area contributed by atoms with Crippen molar-refractivity contribution in [1.82, 2.24) is 10.0 Å². The van der Waals surface area contributed by atoms with Gasteiger partial charge in [-0.3, -0.25) is 9.59 Å². The number of amides is 1. The molecule has 0 radical (unpaired) electrons. The first-order valence-electron chi connectivity index (χ1n) is 13.9. The van der Waals surface area contributed by atoms with E-state index in [-0.39, 0.29) is 17.4 Å². The maximum Gasteiger partial charge on any atom is 0.336 e. The predicted octanol–water partition coefficient (Wildman–Crippen LogP) is 3.49. The third kappa shape index (κ3) is 10.7. The number of rotatable bonds is 11. The molecule has 1 aromatic heterocycles. The summed E-state index contributed by atoms with van der Waals surface area (Å²) in [6, 6.07) is 15.3. The van der Waals surface area contributed by atoms with Gasteiger partial charge in [0.25, 0.3) is 5.91 Å². The van der Waals surface area contributed by atoms with E-state index in [9.17, 15) is 22.8 Å². The molecule has 3 aromatic rings. The van der Waals surface area contributed by atoms with Crippen LogP contribution in [0.1, 0.15) is 62.8 Å². The van der Waals surface area contributed by atoms with E-state index in [2.05, 4.69) is 15.0 Å². The lowest BCUT2D eigenvalue weighted by molar-refractivity contribution is -0.157. The summed E-state index contributed by atoms with van der Waals surface area (Å²) in [6.45, 7) is 9.81. The molecule has 2 unspecified atom stereocenters. The number of nitrogens with one attached hydrogen (secondary N) is 2. The Labute approximate surface area is 267 Å². The molecule has 242 valence electrons. The Bertz CT molecular complexity index is 1650. The van der Waals surface area contributed by atoms with Crippen molar-refractivity contribution in [1.29, 1.82) is 0 Å². The molecule has 14 heteroatoms. The fourth-order valence-electron chi connectivity index (χ4n) is 3.93. The van der Waals surface area contributed by atoms with Crippen LogP contribution in [0.2, 0.25) is 0 Å². The number of hydrogen-bond donors (Lipinski definition) is 4. The molecule has 0 spiro atoms. The van der Waals surface area contributed by atoms with Crippen LogP contribution in [-0.4, -0.2) is 56.0 Å². The average Bonchev–Trinajstić information content (AvgIpc) is 3.43. The number of esters is 2. The second kappa shape index (κ2) is 14.2. The number of carbonyl (C=O) groups is 3. The van der Waals surface area contributed by atoms with Crippen molar-refractivity contribution in [3.63, 3.8) is 0 Å². The van der Waals surface area contributed by atoms with Gasteiger partial charge in [0, 0.05) is 11.4 Å². The van der Waals surface area contributed by atoms with Crippen LogP contribution in [-0.2, 0) is 29.1 Å². The fraction of sp³-hybridized carbons (Fsp3) is 0.355. The van der Waals surface area contributed by atoms with Crippen LogP contribution < -0.4 is 21.5 Å². The second-order valence-corrected chi connectivity index (χ2v) is 14.8. The number of carbonyl (C=O) groups excluding carboxylic acids is 3. The Morgan fingerprint density at radius 2 is 1.49 bits per heavy atom. The summed E-state index contributed by atoms with van der Waals surface area (Å²) in [6.07, 6.45) is 0. The SMILES string of the molecule is CC(C)(C)OC(=O)C(CNC(=O)c1ccc(-c2cccc(C(N=C(N)N)C(=O)OC(C)(C)C)c2)s1)NS(=O)(=O)c1ccccc1. The van der Waals surface area contributed by atoms with Gasteiger partial charge < -0.3 is 26.3 Å². The molecule has 12 nitrogen and oxygen atoms in total. The molecule has 0 fully saturated rings. The van der Waals surface area contributed by atoms with Crippen LogP contribution in [0.15, 0.2) is 76.6 Å². The van der Waals surface area contributed by atoms with Gasteiger partial charge in [-0.25, -0.2) is 18.2 Å². The number of benzene rings is 2. The van der Waals surface area contributed by atoms with E-state index in [0.29, 0.717) is 20.9 Å². The summed E-state index contributed by atoms with van der Waals surface area (Å²) in [7, 11) is -4.10. The van der Waals surface area contributed by atoms with Crippen molar-refractivity contribution in [3.05, 3.63) is 77.2 Å². The van der Waals surface area contributed by atoms with Crippen LogP contribution in [0.25, 0.3) is 10.4 Å². The summed E-state index contributed by atoms with van der Waals surface area (Å²) in [5, 5.41) is 2.63. The van der Waals surface area contributed by atoms with Crippen molar-refractivity contribution >= 4 is 45.2 Å². The van der Waals surface area contributed by atoms with E-state index in [1.165, 1.54) is 12.1 Å². The number of nitrogens with zero attached hydrogens (tertiary/aromatic N) is 1. The highest BCUT2D eigenvalue weighted by Gasteiger charge is 2.31. The second-order valence-electron chi connectivity index (χ2n) is 12.0. The maximum atomic E-state index is 13.1. The van der Waals surface area contributed by atoms with Crippen molar-refractivity contribution in [2.45, 2.75) is 69.7 Å². The lowest BCUT2D eigenvalue weighted by atomic mass is 10.0. The van der Waals surface area contributed by atoms with Crippen LogP contribution in [0.3, 0.4) is 0 Å². The number of aliphatic imine (C=N–C) groups is 1. The fourth-order valence-corrected chi connectivity index (χ4v) is 6.05. The number of guanidine groups is 1. The topological polar surface area (TPSA) is 192 Å². The van der Waals surface area contributed by atoms with Gasteiger partial charge in [0.05, 0.1) is 9.77 Å². The highest BCUT2D eigenvalue weighted by Crippen LogP contribution is 2.31. The van der Waals surface area contributed by atoms with Crippen LogP contribution in [0.4, 0.5) is 0 Å².